The van der Waals surface area contributed by atoms with Crippen molar-refractivity contribution < 1.29 is 41.9 Å². The van der Waals surface area contributed by atoms with Gasteiger partial charge in [-0.15, -0.1) is 0 Å². The lowest BCUT2D eigenvalue weighted by Crippen LogP contribution is -2.52. The van der Waals surface area contributed by atoms with Crippen molar-refractivity contribution in [1.29, 1.82) is 0 Å². The summed E-state index contributed by atoms with van der Waals surface area (Å²) in [4.78, 5) is 110. The van der Waals surface area contributed by atoms with Gasteiger partial charge in [-0.3, -0.25) is 73.1 Å². The molecule has 1 unspecified atom stereocenters. The second-order valence-electron chi connectivity index (χ2n) is 39.6. The number of rotatable bonds is 20. The fourth-order valence-corrected chi connectivity index (χ4v) is 23.2. The molecular formula is C110H110BrF3N26O6. The van der Waals surface area contributed by atoms with Gasteiger partial charge in [-0.25, -0.2) is 43.1 Å². The smallest absolute Gasteiger partial charge is 0.307 e. The summed E-state index contributed by atoms with van der Waals surface area (Å²) >= 11 is 3.91. The Balaban J connectivity index is 0.000000108. The SMILES string of the molecule is CN1C(=O)c2c(Nc3ccccc3)nn(CC3CCOCC3)c2N2C1=N[C@@H]1CCC[C@@H]12.CN1C(=O)c2c(nn(Cc3ccc(C(=O)C(C)(F)F)c(F)c3)c2Nc2ccccc2)N2C1=N[C@@H]1CCC[C@@H]12.Cc1ccc(-c2ccc(C(Br)n3nc4c(c3Nc3ccccc3)C(=O)N(C)C3=N[C@@H]5CCC[C@@H]5N34)cc2)nc1.Cc1cccc(-c2ccc(Cn3nc4c(c3Nc3ccccc3)C(=O)N(C)C3=N[C@@H]5CCC[C@@H]5N34)cc2)n1. The molecule has 36 heteroatoms. The number of carbonyl (C=O) groups excluding carboxylic acids is 5. The Hall–Kier alpha value is -15.5. The first kappa shape index (κ1) is 94.1. The predicted molar refractivity (Wildman–Crippen MR) is 561 cm³/mol. The lowest BCUT2D eigenvalue weighted by molar-refractivity contribution is 0.0217. The van der Waals surface area contributed by atoms with E-state index >= 15 is 0 Å². The number of benzene rings is 7. The van der Waals surface area contributed by atoms with Crippen LogP contribution in [0.2, 0.25) is 0 Å². The number of ketones is 1. The number of hydrogen-bond acceptors (Lipinski definition) is 24. The number of aliphatic imine (C=N–C) groups is 4. The van der Waals surface area contributed by atoms with Crippen molar-refractivity contribution in [2.24, 2.45) is 25.9 Å². The van der Waals surface area contributed by atoms with Gasteiger partial charge < -0.3 is 26.0 Å². The molecule has 4 N–H and O–H groups in total. The van der Waals surface area contributed by atoms with E-state index in [1.807, 2.05) is 201 Å². The number of anilines is 12. The molecule has 0 radical (unpaired) electrons. The molecule has 0 spiro atoms. The zero-order valence-electron chi connectivity index (χ0n) is 81.9. The number of aryl methyl sites for hydroxylation is 2. The van der Waals surface area contributed by atoms with Crippen LogP contribution in [0.4, 0.5) is 82.5 Å². The van der Waals surface area contributed by atoms with E-state index in [-0.39, 0.29) is 77.4 Å². The molecule has 13 aromatic rings. The number of amides is 4. The summed E-state index contributed by atoms with van der Waals surface area (Å²) in [6.07, 6.45) is 16.7. The van der Waals surface area contributed by atoms with Gasteiger partial charge in [-0.1, -0.05) is 155 Å². The third kappa shape index (κ3) is 17.3. The van der Waals surface area contributed by atoms with Crippen molar-refractivity contribution in [3.05, 3.63) is 286 Å². The van der Waals surface area contributed by atoms with Gasteiger partial charge in [0.25, 0.3) is 23.6 Å². The molecule has 32 nitrogen and oxygen atoms in total. The minimum atomic E-state index is -3.68. The molecule has 0 bridgehead atoms. The quantitative estimate of drug-likeness (QED) is 0.0407. The summed E-state index contributed by atoms with van der Waals surface area (Å²) in [7, 11) is 7.15. The second-order valence-corrected chi connectivity index (χ2v) is 40.5. The first-order valence-corrected chi connectivity index (χ1v) is 51.1. The van der Waals surface area contributed by atoms with E-state index in [4.69, 9.17) is 45.1 Å². The summed E-state index contributed by atoms with van der Waals surface area (Å²) in [6.45, 7) is 7.42. The van der Waals surface area contributed by atoms with Gasteiger partial charge >= 0.3 is 5.92 Å². The van der Waals surface area contributed by atoms with E-state index in [9.17, 15) is 37.1 Å². The number of Topliss-reactive ketones (excluding diaryl/α,β-unsaturated/α-hetero) is 1. The lowest BCUT2D eigenvalue weighted by atomic mass is 10.0. The number of para-hydroxylation sites is 4. The van der Waals surface area contributed by atoms with Crippen LogP contribution in [0.3, 0.4) is 0 Å². The highest BCUT2D eigenvalue weighted by Gasteiger charge is 2.55. The first-order valence-electron chi connectivity index (χ1n) is 50.2. The lowest BCUT2D eigenvalue weighted by Gasteiger charge is -2.36. The van der Waals surface area contributed by atoms with Gasteiger partial charge in [0.15, 0.2) is 23.3 Å². The predicted octanol–water partition coefficient (Wildman–Crippen LogP) is 19.4. The van der Waals surface area contributed by atoms with Gasteiger partial charge in [0.05, 0.1) is 78.4 Å². The molecule has 7 aromatic carbocycles. The molecule has 15 heterocycles. The fourth-order valence-electron chi connectivity index (χ4n) is 22.6. The Bertz CT molecular complexity index is 7370. The number of ether oxygens (including phenoxy) is 1. The summed E-state index contributed by atoms with van der Waals surface area (Å²) in [5.41, 5.74) is 13.6. The molecule has 13 aliphatic rings. The van der Waals surface area contributed by atoms with Gasteiger partial charge in [0.2, 0.25) is 29.6 Å². The van der Waals surface area contributed by atoms with E-state index in [0.29, 0.717) is 106 Å². The normalized spacial score (nSPS) is 21.2. The fraction of sp³-hybridized carbons (Fsp3) is 0.336. The Kier molecular flexibility index (Phi) is 24.9. The van der Waals surface area contributed by atoms with Crippen LogP contribution >= 0.6 is 15.9 Å². The maximum Gasteiger partial charge on any atom is 0.307 e. The molecule has 4 saturated carbocycles. The molecule has 9 aliphatic heterocycles. The highest BCUT2D eigenvalue weighted by atomic mass is 79.9. The maximum absolute atomic E-state index is 14.8. The molecule has 9 atom stereocenters. The Morgan fingerprint density at radius 3 is 1.34 bits per heavy atom. The third-order valence-corrected chi connectivity index (χ3v) is 30.9. The van der Waals surface area contributed by atoms with E-state index < -0.39 is 23.1 Å². The Morgan fingerprint density at radius 2 is 0.870 bits per heavy atom. The van der Waals surface area contributed by atoms with Crippen LogP contribution in [0.15, 0.2) is 245 Å². The van der Waals surface area contributed by atoms with Crippen LogP contribution in [-0.4, -0.2) is 218 Å². The number of carbonyl (C=O) groups is 5. The van der Waals surface area contributed by atoms with Gasteiger partial charge in [-0.2, -0.15) is 29.2 Å². The molecule has 1 saturated heterocycles. The zero-order valence-corrected chi connectivity index (χ0v) is 83.5. The molecule has 744 valence electrons. The minimum Gasteiger partial charge on any atom is -0.381 e. The average Bonchev–Trinajstić information content (AvgIpc) is 1.57. The number of aromatic nitrogens is 10. The monoisotopic (exact) mass is 2030 g/mol. The number of pyridine rings is 2. The number of hydrogen-bond donors (Lipinski definition) is 4. The van der Waals surface area contributed by atoms with Crippen molar-refractivity contribution >= 4 is 138 Å². The second kappa shape index (κ2) is 38.6. The average molecular weight is 2030 g/mol. The number of guanidine groups is 4. The summed E-state index contributed by atoms with van der Waals surface area (Å²) in [5, 5.41) is 33.6. The first-order chi connectivity index (χ1) is 70.9. The van der Waals surface area contributed by atoms with Gasteiger partial charge in [-0.05, 0) is 211 Å². The summed E-state index contributed by atoms with van der Waals surface area (Å²) in [5.74, 6) is 1.68. The van der Waals surface area contributed by atoms with Crippen LogP contribution < -0.4 is 40.9 Å². The van der Waals surface area contributed by atoms with Crippen LogP contribution in [0.1, 0.15) is 182 Å². The van der Waals surface area contributed by atoms with Crippen molar-refractivity contribution in [1.82, 2.24) is 68.7 Å². The number of nitrogens with one attached hydrogen (secondary N) is 4. The Morgan fingerprint density at radius 1 is 0.445 bits per heavy atom. The Labute approximate surface area is 850 Å². The molecule has 4 aliphatic carbocycles. The highest BCUT2D eigenvalue weighted by molar-refractivity contribution is 9.09. The van der Waals surface area contributed by atoms with E-state index in [1.165, 1.54) is 17.4 Å². The van der Waals surface area contributed by atoms with Crippen molar-refractivity contribution in [2.45, 2.75) is 190 Å². The van der Waals surface area contributed by atoms with E-state index in [2.05, 4.69) is 121 Å². The summed E-state index contributed by atoms with van der Waals surface area (Å²) in [6, 6.07) is 71.2. The number of nitrogens with zero attached hydrogens (tertiary/aromatic N) is 22. The van der Waals surface area contributed by atoms with Crippen LogP contribution in [0.5, 0.6) is 0 Å². The summed E-state index contributed by atoms with van der Waals surface area (Å²) < 4.78 is 54.8. The van der Waals surface area contributed by atoms with Gasteiger partial charge in [0, 0.05) is 101 Å². The molecular weight excluding hydrogens is 1920 g/mol. The third-order valence-electron chi connectivity index (χ3n) is 30.0. The standard InChI is InChI=1S/C30H28BrN7O.C30H29N7O.C27H25F3N6O2.C23H28N6O2/c1-18-11-16-22(32-17-18)19-12-14-20(15-13-19)26(31)38-27(33-21-7-4-3-5-8-21)25-28(35-38)37-24-10-6-9-23(24)34-30(37)36(2)29(25)39;1-19-8-6-11-23(31-19)21-16-14-20(15-17-21)18-36-27(32-22-9-4-3-5-10-22)26-28(34-36)37-25-13-7-12-24(25)33-30(37)35(2)29(26)38;1-27(29,30)22(37)17-12-11-15(13-18(17)28)14-35-23(31-16-7-4-3-5-8-16)21-24(33-35)36-20-10-6-9-19(20)32-26(36)34(2)25(21)38;1-27-22(30)19-20(24-16-6-3-2-4-7-16)26-28(14-15-10-12-31-13-11-15)21(19)29-18-9-5-8-17(18)25-23(27)29/h3-5,7-8,11-17,23-24,26,33H,6,9-10H2,1-2H3;3-6,8-11,14-17,24-25,32H,7,12-13,18H2,1-2H3;3-5,7-8,11-13,19-20,31H,6,9-10,14H2,1-2H3;2-4,6-7,15,17-18H,5,8-14H2,1H3,(H,24,26)/t23-,24+,26?;24-,25+;19-,20+;17-,18+/m1111/s1. The minimum absolute atomic E-state index is 0.0292. The number of alkyl halides is 3. The van der Waals surface area contributed by atoms with Crippen LogP contribution in [0.25, 0.3) is 22.5 Å². The topological polar surface area (TPSA) is 315 Å². The number of halogens is 4. The molecule has 5 fully saturated rings. The molecule has 146 heavy (non-hydrogen) atoms. The van der Waals surface area contributed by atoms with Crippen molar-refractivity contribution in [2.75, 3.05) is 82.3 Å². The zero-order chi connectivity index (χ0) is 100. The van der Waals surface area contributed by atoms with Crippen LogP contribution in [-0.2, 0) is 24.4 Å². The molecule has 26 rings (SSSR count). The number of fused-ring (bicyclic) bond motifs is 20. The van der Waals surface area contributed by atoms with Crippen LogP contribution in [0, 0.1) is 25.6 Å². The maximum atomic E-state index is 14.8. The molecule has 6 aromatic heterocycles. The van der Waals surface area contributed by atoms with E-state index in [0.717, 1.165) is 201 Å². The molecule has 4 amide bonds. The van der Waals surface area contributed by atoms with Gasteiger partial charge in [0.1, 0.15) is 56.3 Å². The van der Waals surface area contributed by atoms with Crippen molar-refractivity contribution in [3.8, 4) is 22.5 Å². The van der Waals surface area contributed by atoms with E-state index in [1.54, 1.807) is 26.4 Å². The van der Waals surface area contributed by atoms with Crippen molar-refractivity contribution in [3.63, 3.8) is 0 Å². The largest absolute Gasteiger partial charge is 0.381 e. The highest BCUT2D eigenvalue weighted by Crippen LogP contribution is 2.51.